The molecule has 1 N–H and O–H groups in total. The number of rotatable bonds is 5. The summed E-state index contributed by atoms with van der Waals surface area (Å²) in [7, 11) is 0. The van der Waals surface area contributed by atoms with Crippen molar-refractivity contribution in [2.45, 2.75) is 58.2 Å². The van der Waals surface area contributed by atoms with Gasteiger partial charge >= 0.3 is 0 Å². The maximum Gasteiger partial charge on any atom is 0.0827 e. The summed E-state index contributed by atoms with van der Waals surface area (Å²) in [5.41, 5.74) is 2.07. The van der Waals surface area contributed by atoms with Gasteiger partial charge in [0.2, 0.25) is 0 Å². The highest BCUT2D eigenvalue weighted by molar-refractivity contribution is 5.15. The minimum atomic E-state index is -0.387. The Kier molecular flexibility index (Phi) is 4.15. The molecular formula is C17H25N3O. The molecule has 0 radical (unpaired) electrons. The second-order valence-corrected chi connectivity index (χ2v) is 6.53. The molecule has 0 saturated heterocycles. The minimum Gasteiger partial charge on any atom is -0.388 e. The lowest BCUT2D eigenvalue weighted by molar-refractivity contribution is 0.127. The van der Waals surface area contributed by atoms with E-state index < -0.39 is 0 Å². The highest BCUT2D eigenvalue weighted by Gasteiger charge is 2.18. The number of hydrogen-bond donors (Lipinski definition) is 1. The zero-order valence-corrected chi connectivity index (χ0v) is 12.9. The first-order valence-corrected chi connectivity index (χ1v) is 8.01. The molecule has 1 saturated carbocycles. The van der Waals surface area contributed by atoms with Crippen LogP contribution < -0.4 is 0 Å². The van der Waals surface area contributed by atoms with Gasteiger partial charge in [-0.05, 0) is 36.5 Å². The average Bonchev–Trinajstić information content (AvgIpc) is 3.19. The van der Waals surface area contributed by atoms with Crippen molar-refractivity contribution in [3.8, 4) is 0 Å². The maximum atomic E-state index is 10.1. The van der Waals surface area contributed by atoms with E-state index >= 15 is 0 Å². The predicted molar refractivity (Wildman–Crippen MR) is 83.1 cm³/mol. The van der Waals surface area contributed by atoms with Gasteiger partial charge in [-0.2, -0.15) is 5.10 Å². The molecule has 0 aliphatic heterocycles. The van der Waals surface area contributed by atoms with E-state index in [9.17, 15) is 5.11 Å². The standard InChI is InChI=1S/C17H25N3O/c1-13(2)17(21)14-7-9-19(11-14)12-15-8-10-20(18-15)16-5-3-4-6-16/h7-11,13,16-17,21H,3-6,12H2,1-2H3. The molecule has 0 aromatic carbocycles. The normalized spacial score (nSPS) is 17.7. The van der Waals surface area contributed by atoms with Crippen molar-refractivity contribution in [1.29, 1.82) is 0 Å². The van der Waals surface area contributed by atoms with E-state index in [1.54, 1.807) is 0 Å². The van der Waals surface area contributed by atoms with Crippen molar-refractivity contribution in [2.24, 2.45) is 5.92 Å². The smallest absolute Gasteiger partial charge is 0.0827 e. The van der Waals surface area contributed by atoms with Gasteiger partial charge in [0, 0.05) is 18.6 Å². The lowest BCUT2D eigenvalue weighted by Gasteiger charge is -2.12. The summed E-state index contributed by atoms with van der Waals surface area (Å²) in [6.07, 6.45) is 10.9. The summed E-state index contributed by atoms with van der Waals surface area (Å²) in [6, 6.07) is 4.71. The Labute approximate surface area is 126 Å². The quantitative estimate of drug-likeness (QED) is 0.914. The number of aliphatic hydroxyl groups is 1. The van der Waals surface area contributed by atoms with Gasteiger partial charge in [-0.1, -0.05) is 26.7 Å². The van der Waals surface area contributed by atoms with Crippen LogP contribution in [0.2, 0.25) is 0 Å². The van der Waals surface area contributed by atoms with Gasteiger partial charge in [0.25, 0.3) is 0 Å². The topological polar surface area (TPSA) is 43.0 Å². The third-order valence-electron chi connectivity index (χ3n) is 4.45. The van der Waals surface area contributed by atoms with E-state index in [1.807, 2.05) is 32.3 Å². The first-order chi connectivity index (χ1) is 10.1. The molecule has 1 atom stereocenters. The molecule has 3 rings (SSSR count). The van der Waals surface area contributed by atoms with Crippen LogP contribution in [0.25, 0.3) is 0 Å². The van der Waals surface area contributed by atoms with Gasteiger partial charge in [-0.15, -0.1) is 0 Å². The van der Waals surface area contributed by atoms with Crippen molar-refractivity contribution in [3.63, 3.8) is 0 Å². The zero-order valence-electron chi connectivity index (χ0n) is 12.9. The molecule has 0 amide bonds. The summed E-state index contributed by atoms with van der Waals surface area (Å²) in [5.74, 6) is 0.238. The van der Waals surface area contributed by atoms with E-state index in [-0.39, 0.29) is 12.0 Å². The Morgan fingerprint density at radius 1 is 1.24 bits per heavy atom. The van der Waals surface area contributed by atoms with Crippen molar-refractivity contribution in [1.82, 2.24) is 14.3 Å². The van der Waals surface area contributed by atoms with Crippen LogP contribution in [-0.2, 0) is 6.54 Å². The molecule has 4 nitrogen and oxygen atoms in total. The minimum absolute atomic E-state index is 0.238. The highest BCUT2D eigenvalue weighted by atomic mass is 16.3. The molecule has 1 aliphatic rings. The molecule has 1 fully saturated rings. The number of nitrogens with zero attached hydrogens (tertiary/aromatic N) is 3. The third-order valence-corrected chi connectivity index (χ3v) is 4.45. The average molecular weight is 287 g/mol. The van der Waals surface area contributed by atoms with Gasteiger partial charge in [0.05, 0.1) is 24.4 Å². The van der Waals surface area contributed by atoms with Crippen LogP contribution in [0.15, 0.2) is 30.7 Å². The predicted octanol–water partition coefficient (Wildman–Crippen LogP) is 3.54. The van der Waals surface area contributed by atoms with Crippen molar-refractivity contribution in [3.05, 3.63) is 42.0 Å². The highest BCUT2D eigenvalue weighted by Crippen LogP contribution is 2.28. The fourth-order valence-electron chi connectivity index (χ4n) is 3.14. The van der Waals surface area contributed by atoms with Gasteiger partial charge in [0.1, 0.15) is 0 Å². The number of aromatic nitrogens is 3. The second-order valence-electron chi connectivity index (χ2n) is 6.53. The fraction of sp³-hybridized carbons (Fsp3) is 0.588. The van der Waals surface area contributed by atoms with Crippen molar-refractivity contribution >= 4 is 0 Å². The lowest BCUT2D eigenvalue weighted by atomic mass is 10.0. The zero-order chi connectivity index (χ0) is 14.8. The molecule has 1 unspecified atom stereocenters. The molecule has 1 aliphatic carbocycles. The van der Waals surface area contributed by atoms with Gasteiger partial charge < -0.3 is 9.67 Å². The summed E-state index contributed by atoms with van der Waals surface area (Å²) in [4.78, 5) is 0. The molecule has 114 valence electrons. The van der Waals surface area contributed by atoms with Crippen molar-refractivity contribution < 1.29 is 5.11 Å². The van der Waals surface area contributed by atoms with E-state index in [1.165, 1.54) is 25.7 Å². The van der Waals surface area contributed by atoms with E-state index in [2.05, 4.69) is 21.5 Å². The maximum absolute atomic E-state index is 10.1. The summed E-state index contributed by atoms with van der Waals surface area (Å²) < 4.78 is 4.23. The Bertz CT molecular complexity index is 540. The summed E-state index contributed by atoms with van der Waals surface area (Å²) in [5, 5.41) is 14.8. The Balaban J connectivity index is 1.66. The van der Waals surface area contributed by atoms with Crippen LogP contribution in [0.5, 0.6) is 0 Å². The van der Waals surface area contributed by atoms with Crippen LogP contribution in [-0.4, -0.2) is 19.5 Å². The molecule has 2 heterocycles. The van der Waals surface area contributed by atoms with Crippen LogP contribution in [0.4, 0.5) is 0 Å². The first kappa shape index (κ1) is 14.4. The van der Waals surface area contributed by atoms with Crippen LogP contribution in [0.3, 0.4) is 0 Å². The summed E-state index contributed by atoms with van der Waals surface area (Å²) >= 11 is 0. The Morgan fingerprint density at radius 2 is 2.00 bits per heavy atom. The van der Waals surface area contributed by atoms with Gasteiger partial charge in [-0.3, -0.25) is 4.68 Å². The first-order valence-electron chi connectivity index (χ1n) is 8.01. The largest absolute Gasteiger partial charge is 0.388 e. The van der Waals surface area contributed by atoms with E-state index in [0.717, 1.165) is 17.8 Å². The Morgan fingerprint density at radius 3 is 2.71 bits per heavy atom. The van der Waals surface area contributed by atoms with Crippen LogP contribution >= 0.6 is 0 Å². The van der Waals surface area contributed by atoms with Gasteiger partial charge in [-0.25, -0.2) is 0 Å². The molecular weight excluding hydrogens is 262 g/mol. The Hall–Kier alpha value is -1.55. The molecule has 0 bridgehead atoms. The SMILES string of the molecule is CC(C)C(O)c1ccn(Cc2ccn(C3CCCC3)n2)c1. The molecule has 0 spiro atoms. The monoisotopic (exact) mass is 287 g/mol. The lowest BCUT2D eigenvalue weighted by Crippen LogP contribution is -2.07. The number of aliphatic hydroxyl groups excluding tert-OH is 1. The van der Waals surface area contributed by atoms with E-state index in [4.69, 9.17) is 5.10 Å². The molecule has 2 aromatic heterocycles. The third kappa shape index (κ3) is 3.21. The van der Waals surface area contributed by atoms with Crippen LogP contribution in [0, 0.1) is 5.92 Å². The molecule has 21 heavy (non-hydrogen) atoms. The molecule has 2 aromatic rings. The second kappa shape index (κ2) is 6.06. The molecule has 4 heteroatoms. The van der Waals surface area contributed by atoms with Gasteiger partial charge in [0.15, 0.2) is 0 Å². The number of hydrogen-bond acceptors (Lipinski definition) is 2. The van der Waals surface area contributed by atoms with Crippen LogP contribution in [0.1, 0.15) is 62.9 Å². The van der Waals surface area contributed by atoms with E-state index in [0.29, 0.717) is 6.04 Å². The van der Waals surface area contributed by atoms with Crippen molar-refractivity contribution in [2.75, 3.05) is 0 Å². The fourth-order valence-corrected chi connectivity index (χ4v) is 3.14. The summed E-state index contributed by atoms with van der Waals surface area (Å²) in [6.45, 7) is 4.83.